The van der Waals surface area contributed by atoms with Gasteiger partial charge in [0.25, 0.3) is 0 Å². The molecule has 0 atom stereocenters. The van der Waals surface area contributed by atoms with Crippen LogP contribution in [0.25, 0.3) is 0 Å². The third-order valence-electron chi connectivity index (χ3n) is 0.667. The molecule has 0 bridgehead atoms. The molecule has 0 saturated heterocycles. The van der Waals surface area contributed by atoms with Crippen molar-refractivity contribution in [2.24, 2.45) is 0 Å². The predicted octanol–water partition coefficient (Wildman–Crippen LogP) is 2.82. The molecule has 0 aliphatic carbocycles. The van der Waals surface area contributed by atoms with Crippen LogP contribution < -0.4 is 0 Å². The van der Waals surface area contributed by atoms with E-state index < -0.39 is 8.26 Å². The molecule has 1 rings (SSSR count). The van der Waals surface area contributed by atoms with E-state index >= 15 is 0 Å². The van der Waals surface area contributed by atoms with Crippen LogP contribution in [0.1, 0.15) is 0 Å². The first kappa shape index (κ1) is 14.6. The van der Waals surface area contributed by atoms with Crippen molar-refractivity contribution in [2.45, 2.75) is 0 Å². The number of benzene rings is 1. The lowest BCUT2D eigenvalue weighted by Gasteiger charge is -1.69. The monoisotopic (exact) mass is 248 g/mol. The van der Waals surface area contributed by atoms with Crippen LogP contribution in [0.15, 0.2) is 36.4 Å². The molecule has 0 aliphatic heterocycles. The standard InChI is InChI=1S/C6H6.Cl2O2S.ClH/c1-2-4-6-5-3-1;1-5(2,3)4;/h1-6H;;1H. The molecule has 0 aliphatic rings. The van der Waals surface area contributed by atoms with Crippen molar-refractivity contribution in [3.63, 3.8) is 0 Å². The Balaban J connectivity index is 0. The van der Waals surface area contributed by atoms with Crippen LogP contribution in [-0.2, 0) is 8.26 Å². The van der Waals surface area contributed by atoms with Crippen molar-refractivity contribution in [3.8, 4) is 0 Å². The van der Waals surface area contributed by atoms with E-state index in [4.69, 9.17) is 8.42 Å². The molecule has 0 spiro atoms. The lowest BCUT2D eigenvalue weighted by atomic mass is 10.4. The van der Waals surface area contributed by atoms with E-state index in [2.05, 4.69) is 21.4 Å². The van der Waals surface area contributed by atoms with E-state index in [1.165, 1.54) is 0 Å². The minimum atomic E-state index is -3.72. The topological polar surface area (TPSA) is 34.1 Å². The summed E-state index contributed by atoms with van der Waals surface area (Å²) in [5, 5.41) is 0. The van der Waals surface area contributed by atoms with Gasteiger partial charge in [0.15, 0.2) is 0 Å². The Morgan fingerprint density at radius 3 is 0.917 bits per heavy atom. The molecular formula is C6H7Cl3O2S. The summed E-state index contributed by atoms with van der Waals surface area (Å²) in [5.74, 6) is 0. The normalized spacial score (nSPS) is 8.83. The van der Waals surface area contributed by atoms with E-state index in [0.717, 1.165) is 0 Å². The van der Waals surface area contributed by atoms with Gasteiger partial charge in [0.05, 0.1) is 0 Å². The van der Waals surface area contributed by atoms with Crippen LogP contribution >= 0.6 is 33.8 Å². The number of hydrogen-bond donors (Lipinski definition) is 0. The van der Waals surface area contributed by atoms with Gasteiger partial charge in [0, 0.05) is 21.4 Å². The van der Waals surface area contributed by atoms with Gasteiger partial charge in [-0.05, 0) is 0 Å². The first-order valence-electron chi connectivity index (χ1n) is 2.64. The summed E-state index contributed by atoms with van der Waals surface area (Å²) in [5.41, 5.74) is 0. The van der Waals surface area contributed by atoms with Crippen molar-refractivity contribution in [3.05, 3.63) is 36.4 Å². The van der Waals surface area contributed by atoms with Crippen molar-refractivity contribution >= 4 is 42.0 Å². The fraction of sp³-hybridized carbons (Fsp3) is 0. The van der Waals surface area contributed by atoms with E-state index in [9.17, 15) is 0 Å². The van der Waals surface area contributed by atoms with Crippen LogP contribution in [0.4, 0.5) is 0 Å². The third kappa shape index (κ3) is 22.5. The van der Waals surface area contributed by atoms with Gasteiger partial charge in [0.1, 0.15) is 0 Å². The van der Waals surface area contributed by atoms with Gasteiger partial charge in [-0.1, -0.05) is 36.4 Å². The molecule has 0 heterocycles. The Hall–Kier alpha value is 0.0400. The van der Waals surface area contributed by atoms with Crippen molar-refractivity contribution in [2.75, 3.05) is 0 Å². The molecule has 0 unspecified atom stereocenters. The average Bonchev–Trinajstić information content (AvgIpc) is 1.88. The molecule has 0 amide bonds. The maximum absolute atomic E-state index is 9.16. The van der Waals surface area contributed by atoms with Gasteiger partial charge in [0.2, 0.25) is 0 Å². The summed E-state index contributed by atoms with van der Waals surface area (Å²) in [4.78, 5) is 0. The summed E-state index contributed by atoms with van der Waals surface area (Å²) in [7, 11) is 4.81. The minimum Gasteiger partial charge on any atom is -0.195 e. The van der Waals surface area contributed by atoms with Gasteiger partial charge in [-0.25, -0.2) is 0 Å². The predicted molar refractivity (Wildman–Crippen MR) is 54.3 cm³/mol. The maximum Gasteiger partial charge on any atom is 0.317 e. The van der Waals surface area contributed by atoms with Crippen LogP contribution in [0, 0.1) is 0 Å². The lowest BCUT2D eigenvalue weighted by Crippen LogP contribution is -1.63. The van der Waals surface area contributed by atoms with E-state index in [0.29, 0.717) is 0 Å². The third-order valence-corrected chi connectivity index (χ3v) is 0.667. The van der Waals surface area contributed by atoms with Crippen LogP contribution in [-0.4, -0.2) is 8.42 Å². The smallest absolute Gasteiger partial charge is 0.195 e. The first-order valence-corrected chi connectivity index (χ1v) is 5.78. The molecule has 0 N–H and O–H groups in total. The van der Waals surface area contributed by atoms with Gasteiger partial charge < -0.3 is 0 Å². The highest BCUT2D eigenvalue weighted by molar-refractivity contribution is 8.31. The lowest BCUT2D eigenvalue weighted by molar-refractivity contribution is 0.621. The Bertz CT molecular complexity index is 237. The van der Waals surface area contributed by atoms with Gasteiger partial charge >= 0.3 is 8.26 Å². The second-order valence-corrected chi connectivity index (χ2v) is 5.20. The quantitative estimate of drug-likeness (QED) is 0.663. The first-order chi connectivity index (χ1) is 5.00. The Morgan fingerprint density at radius 1 is 0.750 bits per heavy atom. The second-order valence-electron chi connectivity index (χ2n) is 1.53. The zero-order chi connectivity index (χ0) is 8.74. The Labute approximate surface area is 86.8 Å². The fourth-order valence-electron chi connectivity index (χ4n) is 0.385. The summed E-state index contributed by atoms with van der Waals surface area (Å²) < 4.78 is 18.3. The number of halogens is 3. The highest BCUT2D eigenvalue weighted by Gasteiger charge is 1.88. The Kier molecular flexibility index (Phi) is 9.31. The molecular weight excluding hydrogens is 242 g/mol. The van der Waals surface area contributed by atoms with Crippen LogP contribution in [0.5, 0.6) is 0 Å². The van der Waals surface area contributed by atoms with Crippen molar-refractivity contribution in [1.82, 2.24) is 0 Å². The molecule has 0 aromatic heterocycles. The van der Waals surface area contributed by atoms with E-state index in [1.807, 2.05) is 36.4 Å². The van der Waals surface area contributed by atoms with Crippen LogP contribution in [0.2, 0.25) is 0 Å². The summed E-state index contributed by atoms with van der Waals surface area (Å²) in [6.45, 7) is 0. The van der Waals surface area contributed by atoms with E-state index in [1.54, 1.807) is 0 Å². The minimum absolute atomic E-state index is 0. The molecule has 6 heteroatoms. The molecule has 2 nitrogen and oxygen atoms in total. The molecule has 0 saturated carbocycles. The zero-order valence-electron chi connectivity index (χ0n) is 5.85. The zero-order valence-corrected chi connectivity index (χ0v) is 9.00. The fourth-order valence-corrected chi connectivity index (χ4v) is 0.385. The molecule has 1 aromatic rings. The molecule has 0 radical (unpaired) electrons. The van der Waals surface area contributed by atoms with E-state index in [-0.39, 0.29) is 12.4 Å². The summed E-state index contributed by atoms with van der Waals surface area (Å²) in [6.07, 6.45) is 0. The largest absolute Gasteiger partial charge is 0.317 e. The second kappa shape index (κ2) is 7.68. The van der Waals surface area contributed by atoms with Crippen molar-refractivity contribution < 1.29 is 8.42 Å². The molecule has 1 aromatic carbocycles. The highest BCUT2D eigenvalue weighted by Crippen LogP contribution is 1.98. The summed E-state index contributed by atoms with van der Waals surface area (Å²) in [6, 6.07) is 12.0. The molecule has 12 heavy (non-hydrogen) atoms. The van der Waals surface area contributed by atoms with Crippen LogP contribution in [0.3, 0.4) is 0 Å². The SMILES string of the molecule is Cl.O=S(=O)(Cl)Cl.c1ccccc1. The highest BCUT2D eigenvalue weighted by atomic mass is 36.0. The van der Waals surface area contributed by atoms with Gasteiger partial charge in [-0.15, -0.1) is 12.4 Å². The molecule has 70 valence electrons. The molecule has 0 fully saturated rings. The van der Waals surface area contributed by atoms with Crippen molar-refractivity contribution in [1.29, 1.82) is 0 Å². The average molecular weight is 250 g/mol. The summed E-state index contributed by atoms with van der Waals surface area (Å²) >= 11 is 0. The number of hydrogen-bond acceptors (Lipinski definition) is 2. The Morgan fingerprint density at radius 2 is 0.833 bits per heavy atom. The van der Waals surface area contributed by atoms with Gasteiger partial charge in [-0.2, -0.15) is 8.42 Å². The number of rotatable bonds is 0. The maximum atomic E-state index is 9.16. The van der Waals surface area contributed by atoms with Gasteiger partial charge in [-0.3, -0.25) is 0 Å².